The Kier molecular flexibility index (Phi) is 11.3. The van der Waals surface area contributed by atoms with E-state index in [9.17, 15) is 19.5 Å². The van der Waals surface area contributed by atoms with Crippen molar-refractivity contribution in [3.05, 3.63) is 49.6 Å². The number of likely N-dealkylation sites (tertiary alicyclic amines) is 1. The van der Waals surface area contributed by atoms with Gasteiger partial charge in [-0.05, 0) is 63.3 Å². The van der Waals surface area contributed by atoms with Gasteiger partial charge in [-0.25, -0.2) is 0 Å². The number of fused-ring (bicyclic) bond motifs is 1. The molecule has 0 saturated carbocycles. The Hall–Kier alpha value is -2.69. The van der Waals surface area contributed by atoms with E-state index in [1.54, 1.807) is 22.0 Å². The van der Waals surface area contributed by atoms with Crippen molar-refractivity contribution in [1.29, 1.82) is 0 Å². The molecular weight excluding hydrogens is 626 g/mol. The number of esters is 1. The summed E-state index contributed by atoms with van der Waals surface area (Å²) in [7, 11) is 0. The number of rotatable bonds is 16. The number of aliphatic hydroxyl groups is 1. The molecule has 0 aromatic heterocycles. The highest BCUT2D eigenvalue weighted by atomic mass is 79.9. The van der Waals surface area contributed by atoms with Crippen LogP contribution in [0.5, 0.6) is 0 Å². The molecule has 4 rings (SSSR count). The van der Waals surface area contributed by atoms with Gasteiger partial charge >= 0.3 is 5.97 Å². The maximum Gasteiger partial charge on any atom is 0.312 e. The van der Waals surface area contributed by atoms with Crippen molar-refractivity contribution in [2.45, 2.75) is 82.0 Å². The van der Waals surface area contributed by atoms with E-state index in [-0.39, 0.29) is 42.3 Å². The first-order valence-corrected chi connectivity index (χ1v) is 16.9. The third-order valence-electron chi connectivity index (χ3n) is 9.74. The van der Waals surface area contributed by atoms with Gasteiger partial charge < -0.3 is 29.3 Å². The highest BCUT2D eigenvalue weighted by molar-refractivity contribution is 9.09. The van der Waals surface area contributed by atoms with E-state index < -0.39 is 41.6 Å². The first-order chi connectivity index (χ1) is 21.1. The van der Waals surface area contributed by atoms with Gasteiger partial charge in [-0.2, -0.15) is 0 Å². The Bertz CT molecular complexity index is 1210. The molecule has 1 N–H and O–H groups in total. The van der Waals surface area contributed by atoms with Crippen molar-refractivity contribution < 1.29 is 29.0 Å². The average molecular weight is 675 g/mol. The Morgan fingerprint density at radius 1 is 1.18 bits per heavy atom. The second-order valence-corrected chi connectivity index (χ2v) is 13.2. The molecule has 0 radical (unpaired) electrons. The number of halogens is 1. The first kappa shape index (κ1) is 34.2. The zero-order valence-electron chi connectivity index (χ0n) is 26.5. The second kappa shape index (κ2) is 14.6. The molecule has 9 nitrogen and oxygen atoms in total. The van der Waals surface area contributed by atoms with E-state index in [1.807, 2.05) is 38.1 Å². The third-order valence-corrected chi connectivity index (χ3v) is 10.6. The van der Waals surface area contributed by atoms with Crippen LogP contribution >= 0.6 is 15.9 Å². The largest absolute Gasteiger partial charge is 0.465 e. The maximum absolute atomic E-state index is 14.9. The molecule has 3 unspecified atom stereocenters. The lowest BCUT2D eigenvalue weighted by Crippen LogP contribution is -2.60. The molecule has 0 aliphatic carbocycles. The fraction of sp³-hybridized carbons (Fsp3) is 0.618. The van der Waals surface area contributed by atoms with E-state index in [0.29, 0.717) is 31.4 Å². The Morgan fingerprint density at radius 2 is 1.84 bits per heavy atom. The highest BCUT2D eigenvalue weighted by Crippen LogP contribution is 2.61. The van der Waals surface area contributed by atoms with Crippen molar-refractivity contribution in [2.75, 3.05) is 42.6 Å². The van der Waals surface area contributed by atoms with Gasteiger partial charge in [0.15, 0.2) is 0 Å². The molecule has 3 heterocycles. The quantitative estimate of drug-likeness (QED) is 0.117. The summed E-state index contributed by atoms with van der Waals surface area (Å²) < 4.78 is 12.3. The number of anilines is 2. The van der Waals surface area contributed by atoms with Crippen molar-refractivity contribution >= 4 is 45.1 Å². The van der Waals surface area contributed by atoms with Gasteiger partial charge in [0.2, 0.25) is 5.91 Å². The number of carbonyl (C=O) groups is 3. The van der Waals surface area contributed by atoms with Gasteiger partial charge in [0, 0.05) is 35.8 Å². The Morgan fingerprint density at radius 3 is 2.41 bits per heavy atom. The molecule has 44 heavy (non-hydrogen) atoms. The number of hydrogen-bond donors (Lipinski definition) is 1. The maximum atomic E-state index is 14.9. The van der Waals surface area contributed by atoms with Crippen LogP contribution in [0.4, 0.5) is 11.4 Å². The summed E-state index contributed by atoms with van der Waals surface area (Å²) in [6, 6.07) is 6.13. The van der Waals surface area contributed by atoms with Crippen LogP contribution in [0, 0.1) is 17.8 Å². The predicted octanol–water partition coefficient (Wildman–Crippen LogP) is 4.72. The standard InChI is InChI=1S/C34H48BrN3O6/c1-7-12-13-19-43-33(42)27-28-31(40)38(26(21-39)22(6)9-3)30(34(28)20-25(35)29(27)44-34)32(41)37(18-8-2)24-16-14-23(15-17-24)36(10-4)11-5/h7-8,14-17,22,25-30,39H,1-2,9-13,18-21H2,3-6H3/t22-,25?,26-,27+,28-,29+,30?,34?/m0/s1. The molecule has 8 atom stereocenters. The van der Waals surface area contributed by atoms with Crippen molar-refractivity contribution in [1.82, 2.24) is 4.90 Å². The number of ether oxygens (including phenoxy) is 2. The smallest absolute Gasteiger partial charge is 0.312 e. The van der Waals surface area contributed by atoms with Crippen LogP contribution < -0.4 is 9.80 Å². The van der Waals surface area contributed by atoms with E-state index in [0.717, 1.165) is 18.8 Å². The van der Waals surface area contributed by atoms with Crippen LogP contribution in [-0.4, -0.2) is 89.3 Å². The summed E-state index contributed by atoms with van der Waals surface area (Å²) in [6.45, 7) is 17.6. The number of unbranched alkanes of at least 4 members (excludes halogenated alkanes) is 1. The lowest BCUT2D eigenvalue weighted by molar-refractivity contribution is -0.156. The molecule has 1 spiro atoms. The van der Waals surface area contributed by atoms with Crippen molar-refractivity contribution in [3.8, 4) is 0 Å². The second-order valence-electron chi connectivity index (χ2n) is 12.1. The number of allylic oxidation sites excluding steroid dienone is 1. The van der Waals surface area contributed by atoms with Crippen LogP contribution in [0.15, 0.2) is 49.6 Å². The number of benzene rings is 1. The zero-order chi connectivity index (χ0) is 32.2. The summed E-state index contributed by atoms with van der Waals surface area (Å²) in [6.07, 6.45) is 5.23. The van der Waals surface area contributed by atoms with Crippen molar-refractivity contribution in [3.63, 3.8) is 0 Å². The Labute approximate surface area is 270 Å². The fourth-order valence-electron chi connectivity index (χ4n) is 7.32. The molecule has 1 aromatic rings. The molecule has 1 aromatic carbocycles. The van der Waals surface area contributed by atoms with Gasteiger partial charge in [0.25, 0.3) is 5.91 Å². The van der Waals surface area contributed by atoms with Crippen LogP contribution in [0.1, 0.15) is 53.4 Å². The van der Waals surface area contributed by atoms with Gasteiger partial charge in [-0.1, -0.05) is 48.4 Å². The summed E-state index contributed by atoms with van der Waals surface area (Å²) in [5.74, 6) is -3.00. The number of aliphatic hydroxyl groups excluding tert-OH is 1. The molecule has 2 amide bonds. The number of hydrogen-bond acceptors (Lipinski definition) is 7. The molecular formula is C34H48BrN3O6. The highest BCUT2D eigenvalue weighted by Gasteiger charge is 2.77. The SMILES string of the molecule is C=CCCCOC(=O)[C@H]1[C@@H]2OC3(CC2Br)C(C(=O)N(CC=C)c2ccc(N(CC)CC)cc2)N([C@@H](CO)[C@@H](C)CC)C(=O)[C@H]13. The number of nitrogens with zero attached hydrogens (tertiary/aromatic N) is 3. The first-order valence-electron chi connectivity index (χ1n) is 15.9. The van der Waals surface area contributed by atoms with Gasteiger partial charge in [-0.3, -0.25) is 14.4 Å². The zero-order valence-corrected chi connectivity index (χ0v) is 28.1. The summed E-state index contributed by atoms with van der Waals surface area (Å²) in [4.78, 5) is 48.1. The lowest BCUT2D eigenvalue weighted by Gasteiger charge is -2.41. The van der Waals surface area contributed by atoms with E-state index in [2.05, 4.69) is 47.8 Å². The average Bonchev–Trinajstić information content (AvgIpc) is 3.62. The fourth-order valence-corrected chi connectivity index (χ4v) is 8.26. The molecule has 3 aliphatic rings. The third kappa shape index (κ3) is 5.97. The topological polar surface area (TPSA) is 99.6 Å². The van der Waals surface area contributed by atoms with Gasteiger partial charge in [0.1, 0.15) is 11.6 Å². The van der Waals surface area contributed by atoms with Crippen molar-refractivity contribution in [2.24, 2.45) is 17.8 Å². The van der Waals surface area contributed by atoms with Crippen LogP contribution in [0.2, 0.25) is 0 Å². The minimum absolute atomic E-state index is 0.100. The minimum Gasteiger partial charge on any atom is -0.465 e. The normalized spacial score (nSPS) is 28.4. The monoisotopic (exact) mass is 673 g/mol. The lowest BCUT2D eigenvalue weighted by atomic mass is 9.70. The molecule has 3 aliphatic heterocycles. The molecule has 2 bridgehead atoms. The molecule has 3 fully saturated rings. The van der Waals surface area contributed by atoms with Gasteiger partial charge in [-0.15, -0.1) is 13.2 Å². The van der Waals surface area contributed by atoms with Crippen LogP contribution in [-0.2, 0) is 23.9 Å². The summed E-state index contributed by atoms with van der Waals surface area (Å²) in [5.41, 5.74) is 0.468. The number of amides is 2. The summed E-state index contributed by atoms with van der Waals surface area (Å²) in [5, 5.41) is 10.6. The minimum atomic E-state index is -1.25. The van der Waals surface area contributed by atoms with Gasteiger partial charge in [0.05, 0.1) is 37.2 Å². The summed E-state index contributed by atoms with van der Waals surface area (Å²) >= 11 is 3.72. The molecule has 3 saturated heterocycles. The number of alkyl halides is 1. The van der Waals surface area contributed by atoms with Crippen LogP contribution in [0.25, 0.3) is 0 Å². The molecule has 242 valence electrons. The number of carbonyl (C=O) groups excluding carboxylic acids is 3. The van der Waals surface area contributed by atoms with E-state index in [4.69, 9.17) is 9.47 Å². The molecule has 10 heteroatoms. The van der Waals surface area contributed by atoms with E-state index in [1.165, 1.54) is 0 Å². The Balaban J connectivity index is 1.78. The van der Waals surface area contributed by atoms with Crippen LogP contribution in [0.3, 0.4) is 0 Å². The predicted molar refractivity (Wildman–Crippen MR) is 176 cm³/mol. The van der Waals surface area contributed by atoms with E-state index >= 15 is 0 Å².